The molecule has 7 heteroatoms. The van der Waals surface area contributed by atoms with Crippen molar-refractivity contribution in [3.05, 3.63) is 59.9 Å². The Morgan fingerprint density at radius 2 is 1.77 bits per heavy atom. The fraction of sp³-hybridized carbons (Fsp3) is 0.261. The Morgan fingerprint density at radius 3 is 2.53 bits per heavy atom. The van der Waals surface area contributed by atoms with Crippen LogP contribution in [0.4, 0.5) is 16.2 Å². The Kier molecular flexibility index (Phi) is 4.58. The van der Waals surface area contributed by atoms with E-state index in [1.807, 2.05) is 37.3 Å². The molecule has 0 saturated carbocycles. The minimum Gasteiger partial charge on any atom is -0.383 e. The summed E-state index contributed by atoms with van der Waals surface area (Å²) in [5, 5.41) is 5.35. The van der Waals surface area contributed by atoms with Crippen molar-refractivity contribution in [3.8, 4) is 16.9 Å². The summed E-state index contributed by atoms with van der Waals surface area (Å²) in [4.78, 5) is 11.8. The number of nitrogen functional groups attached to an aromatic ring is 1. The predicted molar refractivity (Wildman–Crippen MR) is 117 cm³/mol. The van der Waals surface area contributed by atoms with E-state index in [1.165, 1.54) is 18.6 Å². The van der Waals surface area contributed by atoms with Gasteiger partial charge in [0.15, 0.2) is 5.65 Å². The third kappa shape index (κ3) is 3.26. The summed E-state index contributed by atoms with van der Waals surface area (Å²) < 4.78 is 15.7. The number of piperidine rings is 1. The smallest absolute Gasteiger partial charge is 0.228 e. The topological polar surface area (TPSA) is 72.9 Å². The van der Waals surface area contributed by atoms with Crippen molar-refractivity contribution in [2.45, 2.75) is 26.2 Å². The van der Waals surface area contributed by atoms with E-state index >= 15 is 0 Å². The fourth-order valence-electron chi connectivity index (χ4n) is 4.04. The number of aromatic nitrogens is 4. The number of halogens is 1. The van der Waals surface area contributed by atoms with Gasteiger partial charge in [-0.3, -0.25) is 0 Å². The third-order valence-electron chi connectivity index (χ3n) is 5.54. The first kappa shape index (κ1) is 18.5. The molecule has 0 atom stereocenters. The molecule has 30 heavy (non-hydrogen) atoms. The summed E-state index contributed by atoms with van der Waals surface area (Å²) in [5.41, 5.74) is 10.3. The minimum atomic E-state index is -0.316. The number of rotatable bonds is 3. The molecule has 0 bridgehead atoms. The number of benzene rings is 2. The lowest BCUT2D eigenvalue weighted by molar-refractivity contribution is 0.569. The van der Waals surface area contributed by atoms with Gasteiger partial charge in [0.1, 0.15) is 11.6 Å². The Bertz CT molecular complexity index is 1230. The Balaban J connectivity index is 1.76. The van der Waals surface area contributed by atoms with Gasteiger partial charge in [-0.2, -0.15) is 4.98 Å². The van der Waals surface area contributed by atoms with Crippen LogP contribution >= 0.6 is 0 Å². The van der Waals surface area contributed by atoms with E-state index in [0.29, 0.717) is 34.1 Å². The normalized spacial score (nSPS) is 14.4. The van der Waals surface area contributed by atoms with Gasteiger partial charge < -0.3 is 10.6 Å². The first-order chi connectivity index (χ1) is 14.6. The Labute approximate surface area is 174 Å². The van der Waals surface area contributed by atoms with Crippen LogP contribution in [0.3, 0.4) is 0 Å². The van der Waals surface area contributed by atoms with Crippen LogP contribution in [0.15, 0.2) is 48.5 Å². The molecule has 3 heterocycles. The number of anilines is 2. The van der Waals surface area contributed by atoms with Crippen LogP contribution in [-0.2, 0) is 0 Å². The average molecular weight is 402 g/mol. The van der Waals surface area contributed by atoms with E-state index in [9.17, 15) is 4.39 Å². The summed E-state index contributed by atoms with van der Waals surface area (Å²) in [6, 6.07) is 14.4. The largest absolute Gasteiger partial charge is 0.383 e. The van der Waals surface area contributed by atoms with Crippen molar-refractivity contribution in [3.63, 3.8) is 0 Å². The molecule has 0 amide bonds. The molecule has 0 spiro atoms. The maximum Gasteiger partial charge on any atom is 0.228 e. The number of nitrogens with two attached hydrogens (primary N) is 1. The second kappa shape index (κ2) is 7.40. The summed E-state index contributed by atoms with van der Waals surface area (Å²) >= 11 is 0. The first-order valence-electron chi connectivity index (χ1n) is 10.2. The van der Waals surface area contributed by atoms with Crippen molar-refractivity contribution in [1.82, 2.24) is 19.7 Å². The lowest BCUT2D eigenvalue weighted by Gasteiger charge is -2.26. The molecule has 0 radical (unpaired) electrons. The highest BCUT2D eigenvalue weighted by Crippen LogP contribution is 2.34. The molecule has 1 fully saturated rings. The van der Waals surface area contributed by atoms with E-state index in [4.69, 9.17) is 20.8 Å². The molecule has 6 nitrogen and oxygen atoms in total. The Hall–Kier alpha value is -3.48. The molecular weight excluding hydrogens is 379 g/mol. The molecule has 1 aliphatic rings. The van der Waals surface area contributed by atoms with E-state index < -0.39 is 0 Å². The average Bonchev–Trinajstić information content (AvgIpc) is 3.10. The second-order valence-corrected chi connectivity index (χ2v) is 7.76. The molecule has 1 saturated heterocycles. The lowest BCUT2D eigenvalue weighted by Crippen LogP contribution is -2.31. The van der Waals surface area contributed by atoms with Crippen molar-refractivity contribution in [2.75, 3.05) is 23.7 Å². The Morgan fingerprint density at radius 1 is 0.967 bits per heavy atom. The van der Waals surface area contributed by atoms with Crippen LogP contribution in [-0.4, -0.2) is 32.8 Å². The van der Waals surface area contributed by atoms with Gasteiger partial charge in [-0.25, -0.2) is 14.1 Å². The van der Waals surface area contributed by atoms with Crippen LogP contribution in [0.1, 0.15) is 24.8 Å². The van der Waals surface area contributed by atoms with Crippen molar-refractivity contribution in [1.29, 1.82) is 0 Å². The van der Waals surface area contributed by atoms with Gasteiger partial charge in [-0.15, -0.1) is 5.10 Å². The first-order valence-corrected chi connectivity index (χ1v) is 10.2. The highest BCUT2D eigenvalue weighted by atomic mass is 19.1. The highest BCUT2D eigenvalue weighted by Gasteiger charge is 2.22. The van der Waals surface area contributed by atoms with E-state index in [2.05, 4.69) is 4.90 Å². The molecule has 2 aromatic heterocycles. The van der Waals surface area contributed by atoms with Gasteiger partial charge >= 0.3 is 0 Å². The van der Waals surface area contributed by atoms with Crippen LogP contribution in [0.25, 0.3) is 28.0 Å². The molecule has 152 valence electrons. The van der Waals surface area contributed by atoms with Gasteiger partial charge in [0, 0.05) is 18.7 Å². The van der Waals surface area contributed by atoms with Gasteiger partial charge in [-0.05, 0) is 56.0 Å². The van der Waals surface area contributed by atoms with Gasteiger partial charge in [0.2, 0.25) is 5.95 Å². The molecule has 4 aromatic rings. The third-order valence-corrected chi connectivity index (χ3v) is 5.54. The molecule has 2 aromatic carbocycles. The summed E-state index contributed by atoms with van der Waals surface area (Å²) in [7, 11) is 0. The summed E-state index contributed by atoms with van der Waals surface area (Å²) in [6.45, 7) is 3.83. The van der Waals surface area contributed by atoms with Crippen LogP contribution in [0, 0.1) is 12.7 Å². The molecule has 0 unspecified atom stereocenters. The minimum absolute atomic E-state index is 0.316. The zero-order chi connectivity index (χ0) is 20.7. The molecule has 0 aliphatic carbocycles. The van der Waals surface area contributed by atoms with Gasteiger partial charge in [0.05, 0.1) is 16.8 Å². The molecule has 2 N–H and O–H groups in total. The number of hydrogen-bond donors (Lipinski definition) is 1. The van der Waals surface area contributed by atoms with Gasteiger partial charge in [0.25, 0.3) is 0 Å². The fourth-order valence-corrected chi connectivity index (χ4v) is 4.04. The van der Waals surface area contributed by atoms with Crippen LogP contribution < -0.4 is 10.6 Å². The van der Waals surface area contributed by atoms with Gasteiger partial charge in [-0.1, -0.05) is 24.3 Å². The monoisotopic (exact) mass is 402 g/mol. The number of aryl methyl sites for hydroxylation is 1. The SMILES string of the molecule is Cc1cccc(-n2nc3nc(N4CCCCC4)nc(-c4cccc(F)c4)c3c2N)c1. The van der Waals surface area contributed by atoms with Crippen molar-refractivity contribution >= 4 is 22.8 Å². The van der Waals surface area contributed by atoms with Crippen molar-refractivity contribution < 1.29 is 4.39 Å². The zero-order valence-electron chi connectivity index (χ0n) is 16.8. The summed E-state index contributed by atoms with van der Waals surface area (Å²) in [6.07, 6.45) is 3.43. The van der Waals surface area contributed by atoms with E-state index in [0.717, 1.165) is 37.2 Å². The molecule has 1 aliphatic heterocycles. The van der Waals surface area contributed by atoms with E-state index in [1.54, 1.807) is 10.7 Å². The maximum absolute atomic E-state index is 14.0. The maximum atomic E-state index is 14.0. The van der Waals surface area contributed by atoms with Crippen molar-refractivity contribution in [2.24, 2.45) is 0 Å². The summed E-state index contributed by atoms with van der Waals surface area (Å²) in [5.74, 6) is 0.749. The quantitative estimate of drug-likeness (QED) is 0.546. The number of hydrogen-bond acceptors (Lipinski definition) is 5. The lowest BCUT2D eigenvalue weighted by atomic mass is 10.1. The van der Waals surface area contributed by atoms with Crippen LogP contribution in [0.5, 0.6) is 0 Å². The second-order valence-electron chi connectivity index (χ2n) is 7.76. The highest BCUT2D eigenvalue weighted by molar-refractivity contribution is 5.99. The predicted octanol–water partition coefficient (Wildman–Crippen LogP) is 4.50. The number of nitrogens with zero attached hydrogens (tertiary/aromatic N) is 5. The molecular formula is C23H23FN6. The zero-order valence-corrected chi connectivity index (χ0v) is 16.8. The standard InChI is InChI=1S/C23H23FN6/c1-15-7-5-10-18(13-15)30-21(25)19-20(16-8-6-9-17(24)14-16)26-23(27-22(19)28-30)29-11-3-2-4-12-29/h5-10,13-14H,2-4,11-12,25H2,1H3. The molecule has 5 rings (SSSR count). The van der Waals surface area contributed by atoms with Crippen LogP contribution in [0.2, 0.25) is 0 Å². The number of fused-ring (bicyclic) bond motifs is 1. The van der Waals surface area contributed by atoms with E-state index in [-0.39, 0.29) is 5.82 Å².